The highest BCUT2D eigenvalue weighted by Gasteiger charge is 2.42. The lowest BCUT2D eigenvalue weighted by Crippen LogP contribution is -2.56. The Kier molecular flexibility index (Phi) is 6.28. The van der Waals surface area contributed by atoms with Crippen LogP contribution in [0.25, 0.3) is 0 Å². The van der Waals surface area contributed by atoms with Crippen LogP contribution in [0.4, 0.5) is 5.95 Å². The third-order valence-electron chi connectivity index (χ3n) is 8.70. The van der Waals surface area contributed by atoms with E-state index in [0.717, 1.165) is 45.0 Å². The van der Waals surface area contributed by atoms with Gasteiger partial charge in [0.05, 0.1) is 0 Å². The number of ketones is 1. The second-order valence-corrected chi connectivity index (χ2v) is 11.4. The van der Waals surface area contributed by atoms with E-state index in [0.29, 0.717) is 41.8 Å². The van der Waals surface area contributed by atoms with Gasteiger partial charge in [0, 0.05) is 80.5 Å². The Morgan fingerprint density at radius 1 is 0.844 bits per heavy atom. The number of piperazine rings is 1. The lowest BCUT2D eigenvalue weighted by molar-refractivity contribution is -0.127. The van der Waals surface area contributed by atoms with E-state index in [1.165, 1.54) is 31.2 Å². The Bertz CT molecular complexity index is 781. The number of rotatable bonds is 6. The van der Waals surface area contributed by atoms with E-state index in [4.69, 9.17) is 9.97 Å². The molecular formula is C26H41N5O. The van der Waals surface area contributed by atoms with Crippen LogP contribution in [-0.4, -0.2) is 75.9 Å². The predicted octanol–water partition coefficient (Wildman–Crippen LogP) is 3.72. The van der Waals surface area contributed by atoms with Gasteiger partial charge in [0.2, 0.25) is 5.95 Å². The van der Waals surface area contributed by atoms with Crippen LogP contribution in [0.2, 0.25) is 0 Å². The Labute approximate surface area is 193 Å². The highest BCUT2D eigenvalue weighted by molar-refractivity contribution is 5.82. The van der Waals surface area contributed by atoms with Crippen LogP contribution in [-0.2, 0) is 4.79 Å². The summed E-state index contributed by atoms with van der Waals surface area (Å²) < 4.78 is 0. The first-order valence-corrected chi connectivity index (χ1v) is 13.0. The molecule has 0 aromatic carbocycles. The maximum atomic E-state index is 12.3. The summed E-state index contributed by atoms with van der Waals surface area (Å²) >= 11 is 0. The highest BCUT2D eigenvalue weighted by Crippen LogP contribution is 2.37. The van der Waals surface area contributed by atoms with Crippen LogP contribution >= 0.6 is 0 Å². The summed E-state index contributed by atoms with van der Waals surface area (Å²) in [6.45, 7) is 13.2. The fourth-order valence-corrected chi connectivity index (χ4v) is 6.58. The van der Waals surface area contributed by atoms with Gasteiger partial charge in [-0.05, 0) is 57.9 Å². The molecule has 1 aromatic rings. The van der Waals surface area contributed by atoms with Crippen LogP contribution in [0.1, 0.15) is 77.7 Å². The van der Waals surface area contributed by atoms with Crippen LogP contribution in [0.5, 0.6) is 0 Å². The topological polar surface area (TPSA) is 52.6 Å². The zero-order chi connectivity index (χ0) is 22.4. The van der Waals surface area contributed by atoms with Crippen molar-refractivity contribution in [2.24, 2.45) is 11.8 Å². The molecule has 176 valence electrons. The van der Waals surface area contributed by atoms with Gasteiger partial charge in [0.1, 0.15) is 5.78 Å². The first-order chi connectivity index (χ1) is 15.4. The molecule has 3 saturated heterocycles. The van der Waals surface area contributed by atoms with Gasteiger partial charge in [-0.2, -0.15) is 0 Å². The average Bonchev–Trinajstić information content (AvgIpc) is 3.02. The minimum Gasteiger partial charge on any atom is -0.332 e. The molecule has 2 atom stereocenters. The number of carbonyl (C=O) groups is 1. The SMILES string of the molecule is CC(C)C(=O)[C@H]1CC[C@H](N2CC(c3cnc(N4C5CCC4CN(C(C)C)C5)nc3)C2)CC1. The third-order valence-corrected chi connectivity index (χ3v) is 8.70. The second kappa shape index (κ2) is 9.02. The molecule has 1 aromatic heterocycles. The Hall–Kier alpha value is -1.53. The van der Waals surface area contributed by atoms with E-state index < -0.39 is 0 Å². The summed E-state index contributed by atoms with van der Waals surface area (Å²) in [6.07, 6.45) is 11.2. The van der Waals surface area contributed by atoms with Crippen molar-refractivity contribution in [2.45, 2.75) is 96.3 Å². The minimum atomic E-state index is 0.183. The number of likely N-dealkylation sites (tertiary alicyclic amines) is 2. The lowest BCUT2D eigenvalue weighted by atomic mass is 9.78. The van der Waals surface area contributed by atoms with Gasteiger partial charge in [-0.1, -0.05) is 13.8 Å². The quantitative estimate of drug-likeness (QED) is 0.673. The van der Waals surface area contributed by atoms with Gasteiger partial charge in [0.25, 0.3) is 0 Å². The van der Waals surface area contributed by atoms with Gasteiger partial charge in [-0.15, -0.1) is 0 Å². The van der Waals surface area contributed by atoms with Crippen molar-refractivity contribution in [3.05, 3.63) is 18.0 Å². The number of fused-ring (bicyclic) bond motifs is 2. The van der Waals surface area contributed by atoms with Crippen molar-refractivity contribution in [1.29, 1.82) is 0 Å². The van der Waals surface area contributed by atoms with E-state index in [-0.39, 0.29) is 5.92 Å². The molecule has 32 heavy (non-hydrogen) atoms. The molecule has 6 nitrogen and oxygen atoms in total. The Morgan fingerprint density at radius 2 is 1.41 bits per heavy atom. The van der Waals surface area contributed by atoms with Crippen LogP contribution in [0, 0.1) is 11.8 Å². The molecule has 4 heterocycles. The third kappa shape index (κ3) is 4.21. The van der Waals surface area contributed by atoms with E-state index in [1.54, 1.807) is 0 Å². The molecule has 6 heteroatoms. The average molecular weight is 440 g/mol. The maximum Gasteiger partial charge on any atom is 0.225 e. The number of Topliss-reactive ketones (excluding diaryl/α,β-unsaturated/α-hetero) is 1. The fourth-order valence-electron chi connectivity index (χ4n) is 6.58. The fraction of sp³-hybridized carbons (Fsp3) is 0.808. The minimum absolute atomic E-state index is 0.183. The molecule has 4 fully saturated rings. The zero-order valence-electron chi connectivity index (χ0n) is 20.4. The van der Waals surface area contributed by atoms with Gasteiger partial charge < -0.3 is 4.90 Å². The monoisotopic (exact) mass is 439 g/mol. The van der Waals surface area contributed by atoms with Crippen molar-refractivity contribution in [1.82, 2.24) is 19.8 Å². The molecule has 2 unspecified atom stereocenters. The summed E-state index contributed by atoms with van der Waals surface area (Å²) in [5.74, 6) is 2.47. The molecule has 4 aliphatic rings. The normalized spacial score (nSPS) is 32.0. The molecule has 0 radical (unpaired) electrons. The molecule has 0 spiro atoms. The van der Waals surface area contributed by atoms with Crippen molar-refractivity contribution in [3.8, 4) is 0 Å². The lowest BCUT2D eigenvalue weighted by Gasteiger charge is -2.46. The van der Waals surface area contributed by atoms with E-state index in [2.05, 4.69) is 40.9 Å². The summed E-state index contributed by atoms with van der Waals surface area (Å²) in [6, 6.07) is 2.42. The Balaban J connectivity index is 1.13. The molecule has 2 bridgehead atoms. The van der Waals surface area contributed by atoms with Gasteiger partial charge in [-0.25, -0.2) is 9.97 Å². The molecule has 0 amide bonds. The molecule has 3 aliphatic heterocycles. The zero-order valence-corrected chi connectivity index (χ0v) is 20.4. The maximum absolute atomic E-state index is 12.3. The van der Waals surface area contributed by atoms with Crippen molar-refractivity contribution >= 4 is 11.7 Å². The number of aromatic nitrogens is 2. The first kappa shape index (κ1) is 22.3. The summed E-state index contributed by atoms with van der Waals surface area (Å²) in [5, 5.41) is 0. The number of hydrogen-bond donors (Lipinski definition) is 0. The second-order valence-electron chi connectivity index (χ2n) is 11.4. The van der Waals surface area contributed by atoms with Crippen molar-refractivity contribution in [3.63, 3.8) is 0 Å². The summed E-state index contributed by atoms with van der Waals surface area (Å²) in [7, 11) is 0. The molecule has 5 rings (SSSR count). The number of carbonyl (C=O) groups excluding carboxylic acids is 1. The number of anilines is 1. The van der Waals surface area contributed by atoms with Gasteiger partial charge in [-0.3, -0.25) is 14.6 Å². The standard InChI is InChI=1S/C26H41N5O/c1-17(2)25(32)19-5-7-22(8-6-19)30-13-21(14-30)20-11-27-26(28-12-20)31-23-9-10-24(31)16-29(15-23)18(3)4/h11-12,17-19,21-24H,5-10,13-16H2,1-4H3/t19-,22-,23?,24?. The Morgan fingerprint density at radius 3 is 1.94 bits per heavy atom. The van der Waals surface area contributed by atoms with Crippen LogP contribution < -0.4 is 4.90 Å². The van der Waals surface area contributed by atoms with E-state index >= 15 is 0 Å². The molecule has 1 aliphatic carbocycles. The van der Waals surface area contributed by atoms with Crippen LogP contribution in [0.15, 0.2) is 12.4 Å². The summed E-state index contributed by atoms with van der Waals surface area (Å²) in [4.78, 5) is 29.7. The smallest absolute Gasteiger partial charge is 0.225 e. The van der Waals surface area contributed by atoms with Crippen molar-refractivity contribution in [2.75, 3.05) is 31.1 Å². The first-order valence-electron chi connectivity index (χ1n) is 13.0. The van der Waals surface area contributed by atoms with Crippen LogP contribution in [0.3, 0.4) is 0 Å². The van der Waals surface area contributed by atoms with Gasteiger partial charge >= 0.3 is 0 Å². The highest BCUT2D eigenvalue weighted by atomic mass is 16.1. The van der Waals surface area contributed by atoms with E-state index in [1.807, 2.05) is 13.8 Å². The van der Waals surface area contributed by atoms with E-state index in [9.17, 15) is 4.79 Å². The predicted molar refractivity (Wildman–Crippen MR) is 128 cm³/mol. The number of hydrogen-bond acceptors (Lipinski definition) is 6. The van der Waals surface area contributed by atoms with Crippen molar-refractivity contribution < 1.29 is 4.79 Å². The molecular weight excluding hydrogens is 398 g/mol. The molecule has 1 saturated carbocycles. The molecule has 0 N–H and O–H groups in total. The number of nitrogens with zero attached hydrogens (tertiary/aromatic N) is 5. The van der Waals surface area contributed by atoms with Gasteiger partial charge in [0.15, 0.2) is 0 Å². The summed E-state index contributed by atoms with van der Waals surface area (Å²) in [5.41, 5.74) is 1.29. The largest absolute Gasteiger partial charge is 0.332 e.